The number of nitrogens with zero attached hydrogens (tertiary/aromatic N) is 4. The van der Waals surface area contributed by atoms with E-state index in [4.69, 9.17) is 20.7 Å². The van der Waals surface area contributed by atoms with Gasteiger partial charge in [-0.1, -0.05) is 201 Å². The predicted octanol–water partition coefficient (Wildman–Crippen LogP) is 15.5. The molecule has 0 radical (unpaired) electrons. The third kappa shape index (κ3) is 7.11. The average Bonchev–Trinajstić information content (AvgIpc) is 2.40. The molecule has 0 spiro atoms. The maximum Gasteiger partial charge on any atom is 0.268 e. The van der Waals surface area contributed by atoms with Gasteiger partial charge in [0, 0.05) is 44.3 Å². The maximum atomic E-state index is 9.58. The van der Waals surface area contributed by atoms with E-state index < -0.39 is 72.5 Å². The Hall–Kier alpha value is -8.11. The number of rotatable bonds is 6. The monoisotopic (exact) mass is 1090 g/mol. The Morgan fingerprint density at radius 3 is 1.94 bits per heavy atom. The first kappa shape index (κ1) is 30.4. The van der Waals surface area contributed by atoms with Crippen molar-refractivity contribution in [3.8, 4) is 84.3 Å². The van der Waals surface area contributed by atoms with Crippen molar-refractivity contribution in [3.63, 3.8) is 0 Å². The largest absolute Gasteiger partial charge is 0.509 e. The molecule has 12 aromatic rings. The minimum atomic E-state index is -0.590. The molecular formula is C64H44N4OPt-2. The second-order valence-electron chi connectivity index (χ2n) is 17.7. The van der Waals surface area contributed by atoms with Crippen LogP contribution in [0, 0.1) is 18.5 Å². The van der Waals surface area contributed by atoms with E-state index in [1.54, 1.807) is 69.9 Å². The van der Waals surface area contributed by atoms with Crippen molar-refractivity contribution in [1.29, 1.82) is 0 Å². The molecule has 0 N–H and O–H groups in total. The summed E-state index contributed by atoms with van der Waals surface area (Å²) in [5, 5.41) is 1.45. The molecule has 0 unspecified atom stereocenters. The van der Waals surface area contributed by atoms with Crippen LogP contribution in [0.5, 0.6) is 11.5 Å². The van der Waals surface area contributed by atoms with E-state index in [-0.39, 0.29) is 94.7 Å². The molecular weight excluding hydrogens is 1040 g/mol. The fraction of sp³-hybridized carbons (Fsp3) is 0.0625. The van der Waals surface area contributed by atoms with Crippen LogP contribution >= 0.6 is 0 Å². The Balaban J connectivity index is 0.00000694. The molecule has 0 fully saturated rings. The molecule has 1 aliphatic heterocycles. The molecule has 0 atom stereocenters. The van der Waals surface area contributed by atoms with Gasteiger partial charge < -0.3 is 13.9 Å². The van der Waals surface area contributed by atoms with Gasteiger partial charge in [0.25, 0.3) is 6.33 Å². The van der Waals surface area contributed by atoms with Crippen LogP contribution < -0.4 is 9.30 Å². The topological polar surface area (TPSA) is 35.9 Å². The van der Waals surface area contributed by atoms with E-state index in [0.29, 0.717) is 50.1 Å². The predicted molar refractivity (Wildman–Crippen MR) is 279 cm³/mol. The first-order valence-corrected chi connectivity index (χ1v) is 22.3. The number of fused-ring (bicyclic) bond motifs is 10. The minimum absolute atomic E-state index is 0. The normalized spacial score (nSPS) is 14.6. The molecule has 0 aliphatic carbocycles. The molecule has 70 heavy (non-hydrogen) atoms. The molecule has 3 aromatic heterocycles. The Morgan fingerprint density at radius 1 is 0.557 bits per heavy atom. The van der Waals surface area contributed by atoms with E-state index in [1.165, 1.54) is 0 Å². The van der Waals surface area contributed by atoms with Crippen molar-refractivity contribution < 1.29 is 49.6 Å². The minimum Gasteiger partial charge on any atom is -0.509 e. The number of para-hydroxylation sites is 3. The molecule has 0 saturated carbocycles. The Bertz CT molecular complexity index is 4780. The standard InChI is InChI=1S/C64H44N4O.Pt/c1-64(2,3)44-35-36-65-61(37-44)68-57-33-15-14-29-52(57)56-39-55(43-21-8-5-9-22-43)60(40-59(56)68)69-46-24-16-23-45(38-46)66-41-67-62-47(42-19-6-4-7-20-42)30-17-31-53(62)50-27-12-10-25-48(50)49-26-11-13-28-51(49)54-32-18-34-58(66)63(54)67;/h4-37,39H,1-3H3;/q-2;/i4D,5D,6D,7D,8D,9D,10D,12D,19D,20D,21D,22D,25D,27D;. The molecule has 4 heterocycles. The van der Waals surface area contributed by atoms with Crippen molar-refractivity contribution in [1.82, 2.24) is 14.1 Å². The van der Waals surface area contributed by atoms with Gasteiger partial charge in [0.2, 0.25) is 0 Å². The molecule has 6 heteroatoms. The Labute approximate surface area is 441 Å². The number of pyridine rings is 1. The smallest absolute Gasteiger partial charge is 0.268 e. The maximum absolute atomic E-state index is 9.58. The summed E-state index contributed by atoms with van der Waals surface area (Å²) in [6.07, 6.45) is 5.28. The number of aromatic nitrogens is 4. The van der Waals surface area contributed by atoms with Crippen molar-refractivity contribution in [3.05, 3.63) is 236 Å². The third-order valence-electron chi connectivity index (χ3n) is 12.6. The zero-order chi connectivity index (χ0) is 58.4. The van der Waals surface area contributed by atoms with Gasteiger partial charge in [-0.3, -0.25) is 4.57 Å². The second kappa shape index (κ2) is 17.1. The van der Waals surface area contributed by atoms with Crippen LogP contribution in [-0.4, -0.2) is 14.1 Å². The van der Waals surface area contributed by atoms with Crippen LogP contribution in [0.15, 0.2) is 212 Å². The Kier molecular flexibility index (Phi) is 7.44. The van der Waals surface area contributed by atoms with Crippen LogP contribution in [-0.2, 0) is 26.5 Å². The fourth-order valence-electron chi connectivity index (χ4n) is 9.49. The van der Waals surface area contributed by atoms with Crippen LogP contribution in [0.3, 0.4) is 0 Å². The quantitative estimate of drug-likeness (QED) is 0.123. The first-order chi connectivity index (χ1) is 39.7. The zero-order valence-electron chi connectivity index (χ0n) is 51.6. The SMILES string of the molecule is [2H]c1c([2H])c([2H])c(-c2cc3c4ccccc4n(-c4cc(C(C)(C)C)ccn4)c3[c-]c2Oc2[c-]c(-n3[c-][n+]4c5c(cccc53)-c3ccccc3-c3c([2H])c([2H])c([2H])c([2H])c3-c3cccc(-c5c([2H])c([2H])c([2H])c([2H])c5[2H])c3-4)ccc2)c([2H])c1[2H].[Pt]. The average molecular weight is 1090 g/mol. The van der Waals surface area contributed by atoms with Gasteiger partial charge in [-0.2, -0.15) is 18.2 Å². The van der Waals surface area contributed by atoms with Crippen molar-refractivity contribution in [2.45, 2.75) is 26.2 Å². The number of benzene rings is 9. The number of ether oxygens (including phenoxy) is 1. The summed E-state index contributed by atoms with van der Waals surface area (Å²) in [7, 11) is 0. The summed E-state index contributed by atoms with van der Waals surface area (Å²) in [6.45, 7) is 6.34. The van der Waals surface area contributed by atoms with Gasteiger partial charge in [0.05, 0.1) is 35.9 Å². The molecule has 338 valence electrons. The molecule has 5 nitrogen and oxygen atoms in total. The third-order valence-corrected chi connectivity index (χ3v) is 12.6. The number of imidazole rings is 1. The van der Waals surface area contributed by atoms with Crippen LogP contribution in [0.1, 0.15) is 45.5 Å². The van der Waals surface area contributed by atoms with E-state index in [2.05, 4.69) is 39.2 Å². The first-order valence-electron chi connectivity index (χ1n) is 29.3. The van der Waals surface area contributed by atoms with Gasteiger partial charge in [-0.15, -0.1) is 23.6 Å². The molecule has 1 aliphatic rings. The van der Waals surface area contributed by atoms with E-state index in [1.807, 2.05) is 71.3 Å². The number of hydrogen-bond acceptors (Lipinski definition) is 2. The van der Waals surface area contributed by atoms with E-state index in [9.17, 15) is 8.22 Å². The van der Waals surface area contributed by atoms with Gasteiger partial charge in [-0.05, 0) is 84.8 Å². The number of hydrogen-bond donors (Lipinski definition) is 0. The van der Waals surface area contributed by atoms with Crippen LogP contribution in [0.4, 0.5) is 0 Å². The van der Waals surface area contributed by atoms with E-state index >= 15 is 0 Å². The molecule has 0 bridgehead atoms. The summed E-state index contributed by atoms with van der Waals surface area (Å²) < 4.78 is 138. The van der Waals surface area contributed by atoms with Crippen molar-refractivity contribution in [2.24, 2.45) is 0 Å². The van der Waals surface area contributed by atoms with Crippen molar-refractivity contribution >= 4 is 32.8 Å². The van der Waals surface area contributed by atoms with Crippen LogP contribution in [0.25, 0.3) is 106 Å². The summed E-state index contributed by atoms with van der Waals surface area (Å²) in [5.41, 5.74) is 6.05. The molecule has 0 amide bonds. The van der Waals surface area contributed by atoms with Crippen LogP contribution in [0.2, 0.25) is 0 Å². The van der Waals surface area contributed by atoms with Gasteiger partial charge in [0.15, 0.2) is 0 Å². The summed E-state index contributed by atoms with van der Waals surface area (Å²) in [6, 6.07) is 36.5. The Morgan fingerprint density at radius 2 is 1.17 bits per heavy atom. The summed E-state index contributed by atoms with van der Waals surface area (Å²) in [5.74, 6) is 0.732. The fourth-order valence-corrected chi connectivity index (χ4v) is 9.49. The zero-order valence-corrected chi connectivity index (χ0v) is 39.9. The molecule has 13 rings (SSSR count). The summed E-state index contributed by atoms with van der Waals surface area (Å²) in [4.78, 5) is 4.83. The summed E-state index contributed by atoms with van der Waals surface area (Å²) >= 11 is 0. The van der Waals surface area contributed by atoms with Gasteiger partial charge in [-0.25, -0.2) is 4.98 Å². The van der Waals surface area contributed by atoms with Gasteiger partial charge in [0.1, 0.15) is 5.82 Å². The van der Waals surface area contributed by atoms with Gasteiger partial charge >= 0.3 is 0 Å². The second-order valence-corrected chi connectivity index (χ2v) is 17.7. The molecule has 9 aromatic carbocycles. The van der Waals surface area contributed by atoms with Crippen molar-refractivity contribution in [2.75, 3.05) is 0 Å². The van der Waals surface area contributed by atoms with E-state index in [0.717, 1.165) is 16.5 Å². The molecule has 0 saturated heterocycles.